The molecule has 0 fully saturated rings. The van der Waals surface area contributed by atoms with Crippen LogP contribution >= 0.6 is 0 Å². The van der Waals surface area contributed by atoms with Crippen molar-refractivity contribution >= 4 is 5.82 Å². The van der Waals surface area contributed by atoms with Crippen molar-refractivity contribution in [1.82, 2.24) is 10.3 Å². The average Bonchev–Trinajstić information content (AvgIpc) is 2.23. The summed E-state index contributed by atoms with van der Waals surface area (Å²) >= 11 is 0. The van der Waals surface area contributed by atoms with Crippen molar-refractivity contribution in [2.24, 2.45) is 5.92 Å². The van der Waals surface area contributed by atoms with Crippen molar-refractivity contribution in [3.05, 3.63) is 23.9 Å². The third-order valence-electron chi connectivity index (χ3n) is 2.34. The van der Waals surface area contributed by atoms with Gasteiger partial charge in [-0.15, -0.1) is 0 Å². The van der Waals surface area contributed by atoms with Crippen LogP contribution in [-0.4, -0.2) is 17.1 Å². The summed E-state index contributed by atoms with van der Waals surface area (Å²) in [5.41, 5.74) is 1.41. The molecule has 3 heteroatoms. The van der Waals surface area contributed by atoms with Crippen LogP contribution in [0.1, 0.15) is 40.2 Å². The minimum absolute atomic E-state index is 0.148. The van der Waals surface area contributed by atoms with Crippen molar-refractivity contribution in [2.75, 3.05) is 11.9 Å². The van der Waals surface area contributed by atoms with Gasteiger partial charge in [0.1, 0.15) is 5.82 Å². The highest BCUT2D eigenvalue weighted by Gasteiger charge is 2.08. The van der Waals surface area contributed by atoms with Gasteiger partial charge in [-0.05, 0) is 44.4 Å². The van der Waals surface area contributed by atoms with Gasteiger partial charge in [0.2, 0.25) is 0 Å². The summed E-state index contributed by atoms with van der Waals surface area (Å²) in [6.45, 7) is 12.7. The van der Waals surface area contributed by atoms with Crippen LogP contribution in [0.25, 0.3) is 0 Å². The summed E-state index contributed by atoms with van der Waals surface area (Å²) < 4.78 is 0. The van der Waals surface area contributed by atoms with E-state index in [-0.39, 0.29) is 5.54 Å². The maximum absolute atomic E-state index is 4.32. The molecular weight excluding hydrogens is 210 g/mol. The zero-order valence-corrected chi connectivity index (χ0v) is 11.7. The van der Waals surface area contributed by atoms with Crippen molar-refractivity contribution in [3.63, 3.8) is 0 Å². The van der Waals surface area contributed by atoms with Gasteiger partial charge in [-0.2, -0.15) is 0 Å². The molecule has 3 nitrogen and oxygen atoms in total. The van der Waals surface area contributed by atoms with Crippen LogP contribution in [0.4, 0.5) is 5.82 Å². The third-order valence-corrected chi connectivity index (χ3v) is 2.34. The zero-order valence-electron chi connectivity index (χ0n) is 11.7. The van der Waals surface area contributed by atoms with Gasteiger partial charge in [-0.25, -0.2) is 4.98 Å². The minimum atomic E-state index is 0.148. The summed E-state index contributed by atoms with van der Waals surface area (Å²) in [5.74, 6) is 1.60. The van der Waals surface area contributed by atoms with E-state index < -0.39 is 0 Å². The topological polar surface area (TPSA) is 37.0 Å². The lowest BCUT2D eigenvalue weighted by Crippen LogP contribution is -2.35. The first-order chi connectivity index (χ1) is 7.87. The molecule has 0 spiro atoms. The zero-order chi connectivity index (χ0) is 12.9. The van der Waals surface area contributed by atoms with Gasteiger partial charge in [0.25, 0.3) is 0 Å². The summed E-state index contributed by atoms with van der Waals surface area (Å²) in [6, 6.07) is 4.17. The molecule has 0 aliphatic carbocycles. The molecule has 0 radical (unpaired) electrons. The van der Waals surface area contributed by atoms with E-state index in [1.165, 1.54) is 5.56 Å². The Balaban J connectivity index is 2.54. The first-order valence-electron chi connectivity index (χ1n) is 6.30. The maximum Gasteiger partial charge on any atom is 0.126 e. The smallest absolute Gasteiger partial charge is 0.126 e. The molecule has 0 saturated heterocycles. The van der Waals surface area contributed by atoms with E-state index in [4.69, 9.17) is 0 Å². The molecule has 0 bridgehead atoms. The second kappa shape index (κ2) is 6.01. The van der Waals surface area contributed by atoms with Crippen LogP contribution in [0.5, 0.6) is 0 Å². The normalized spacial score (nSPS) is 11.9. The Labute approximate surface area is 105 Å². The molecule has 17 heavy (non-hydrogen) atoms. The van der Waals surface area contributed by atoms with Crippen LogP contribution in [0.3, 0.4) is 0 Å². The molecule has 96 valence electrons. The summed E-state index contributed by atoms with van der Waals surface area (Å²) in [5, 5.41) is 6.82. The summed E-state index contributed by atoms with van der Waals surface area (Å²) in [6.07, 6.45) is 1.86. The van der Waals surface area contributed by atoms with Crippen LogP contribution in [0, 0.1) is 5.92 Å². The second-order valence-corrected chi connectivity index (χ2v) is 5.93. The van der Waals surface area contributed by atoms with Gasteiger partial charge in [0.05, 0.1) is 0 Å². The number of nitrogens with zero attached hydrogens (tertiary/aromatic N) is 1. The number of pyridine rings is 1. The third kappa shape index (κ3) is 6.27. The highest BCUT2D eigenvalue weighted by molar-refractivity contribution is 5.37. The van der Waals surface area contributed by atoms with E-state index in [1.807, 2.05) is 6.20 Å². The first-order valence-corrected chi connectivity index (χ1v) is 6.30. The molecular formula is C14H25N3. The van der Waals surface area contributed by atoms with Gasteiger partial charge < -0.3 is 10.6 Å². The van der Waals surface area contributed by atoms with Crippen molar-refractivity contribution in [3.8, 4) is 0 Å². The van der Waals surface area contributed by atoms with E-state index in [9.17, 15) is 0 Å². The van der Waals surface area contributed by atoms with Crippen LogP contribution in [-0.2, 0) is 6.54 Å². The molecule has 0 atom stereocenters. The highest BCUT2D eigenvalue weighted by atomic mass is 15.0. The molecule has 2 N–H and O–H groups in total. The van der Waals surface area contributed by atoms with Crippen LogP contribution < -0.4 is 10.6 Å². The van der Waals surface area contributed by atoms with Gasteiger partial charge >= 0.3 is 0 Å². The van der Waals surface area contributed by atoms with E-state index in [0.717, 1.165) is 18.9 Å². The average molecular weight is 235 g/mol. The Morgan fingerprint density at radius 2 is 2.00 bits per heavy atom. The number of rotatable bonds is 5. The SMILES string of the molecule is CC(C)CNc1cc(CNC(C)(C)C)ccn1. The molecule has 0 unspecified atom stereocenters. The van der Waals surface area contributed by atoms with Gasteiger partial charge in [0.15, 0.2) is 0 Å². The minimum Gasteiger partial charge on any atom is -0.370 e. The summed E-state index contributed by atoms with van der Waals surface area (Å²) in [7, 11) is 0. The predicted molar refractivity (Wildman–Crippen MR) is 74.2 cm³/mol. The van der Waals surface area contributed by atoms with E-state index in [1.54, 1.807) is 0 Å². The van der Waals surface area contributed by atoms with Crippen LogP contribution in [0.2, 0.25) is 0 Å². The Morgan fingerprint density at radius 1 is 1.29 bits per heavy atom. The maximum atomic E-state index is 4.32. The van der Waals surface area contributed by atoms with Gasteiger partial charge in [0, 0.05) is 24.8 Å². The number of hydrogen-bond donors (Lipinski definition) is 2. The second-order valence-electron chi connectivity index (χ2n) is 5.93. The lowest BCUT2D eigenvalue weighted by atomic mass is 10.1. The Morgan fingerprint density at radius 3 is 2.59 bits per heavy atom. The Bertz CT molecular complexity index is 340. The number of aromatic nitrogens is 1. The van der Waals surface area contributed by atoms with E-state index in [2.05, 4.69) is 62.4 Å². The highest BCUT2D eigenvalue weighted by Crippen LogP contribution is 2.09. The molecule has 0 aliphatic rings. The Kier molecular flexibility index (Phi) is 4.94. The lowest BCUT2D eigenvalue weighted by Gasteiger charge is -2.20. The fourth-order valence-corrected chi connectivity index (χ4v) is 1.36. The molecule has 1 heterocycles. The van der Waals surface area contributed by atoms with Crippen molar-refractivity contribution in [1.29, 1.82) is 0 Å². The molecule has 1 rings (SSSR count). The fraction of sp³-hybridized carbons (Fsp3) is 0.643. The quantitative estimate of drug-likeness (QED) is 0.823. The van der Waals surface area contributed by atoms with Gasteiger partial charge in [-0.3, -0.25) is 0 Å². The molecule has 1 aromatic heterocycles. The van der Waals surface area contributed by atoms with Crippen molar-refractivity contribution < 1.29 is 0 Å². The van der Waals surface area contributed by atoms with Gasteiger partial charge in [-0.1, -0.05) is 13.8 Å². The molecule has 0 aliphatic heterocycles. The predicted octanol–water partition coefficient (Wildman–Crippen LogP) is 3.04. The Hall–Kier alpha value is -1.09. The van der Waals surface area contributed by atoms with E-state index >= 15 is 0 Å². The monoisotopic (exact) mass is 235 g/mol. The number of anilines is 1. The molecule has 0 amide bonds. The fourth-order valence-electron chi connectivity index (χ4n) is 1.36. The molecule has 0 saturated carbocycles. The van der Waals surface area contributed by atoms with Crippen molar-refractivity contribution in [2.45, 2.75) is 46.7 Å². The largest absolute Gasteiger partial charge is 0.370 e. The standard InChI is InChI=1S/C14H25N3/c1-11(2)9-16-13-8-12(6-7-15-13)10-17-14(3,4)5/h6-8,11,17H,9-10H2,1-5H3,(H,15,16). The number of hydrogen-bond acceptors (Lipinski definition) is 3. The molecule has 0 aromatic carbocycles. The van der Waals surface area contributed by atoms with Crippen LogP contribution in [0.15, 0.2) is 18.3 Å². The van der Waals surface area contributed by atoms with E-state index in [0.29, 0.717) is 5.92 Å². The first kappa shape index (κ1) is 14.0. The number of nitrogens with one attached hydrogen (secondary N) is 2. The lowest BCUT2D eigenvalue weighted by molar-refractivity contribution is 0.424. The summed E-state index contributed by atoms with van der Waals surface area (Å²) in [4.78, 5) is 4.32. The molecule has 1 aromatic rings.